The lowest BCUT2D eigenvalue weighted by molar-refractivity contribution is 0.0376. The Bertz CT molecular complexity index is 1050. The molecule has 6 heteroatoms. The number of anilines is 1. The molecule has 1 fully saturated rings. The molecule has 1 saturated heterocycles. The van der Waals surface area contributed by atoms with E-state index in [0.29, 0.717) is 11.6 Å². The Labute approximate surface area is 202 Å². The normalized spacial score (nSPS) is 19.9. The molecule has 1 aliphatic carbocycles. The monoisotopic (exact) mass is 461 g/mol. The van der Waals surface area contributed by atoms with Gasteiger partial charge in [0.25, 0.3) is 0 Å². The van der Waals surface area contributed by atoms with Crippen LogP contribution in [0.5, 0.6) is 5.75 Å². The molecule has 0 saturated carbocycles. The molecule has 6 nitrogen and oxygen atoms in total. The number of aromatic nitrogens is 1. The number of ether oxygens (including phenoxy) is 1. The van der Waals surface area contributed by atoms with Crippen molar-refractivity contribution in [2.45, 2.75) is 58.2 Å². The molecule has 2 aromatic rings. The summed E-state index contributed by atoms with van der Waals surface area (Å²) in [4.78, 5) is 22.7. The summed E-state index contributed by atoms with van der Waals surface area (Å²) in [5.74, 6) is 0.862. The largest absolute Gasteiger partial charge is 0.508 e. The van der Waals surface area contributed by atoms with Gasteiger partial charge < -0.3 is 14.7 Å². The average Bonchev–Trinajstić information content (AvgIpc) is 3.33. The molecule has 1 aliphatic heterocycles. The minimum absolute atomic E-state index is 0.140. The van der Waals surface area contributed by atoms with E-state index in [2.05, 4.69) is 28.9 Å². The first-order valence-electron chi connectivity index (χ1n) is 12.3. The summed E-state index contributed by atoms with van der Waals surface area (Å²) in [5, 5.41) is 9.59. The lowest BCUT2D eigenvalue weighted by Gasteiger charge is -2.29. The molecule has 2 aliphatic rings. The maximum Gasteiger partial charge on any atom is 0.342 e. The molecular weight excluding hydrogens is 426 g/mol. The number of nitrogens with zero attached hydrogens (tertiary/aromatic N) is 3. The van der Waals surface area contributed by atoms with Crippen LogP contribution in [0.1, 0.15) is 61.0 Å². The smallest absolute Gasteiger partial charge is 0.342 e. The Balaban J connectivity index is 1.58. The zero-order chi connectivity index (χ0) is 24.1. The summed E-state index contributed by atoms with van der Waals surface area (Å²) in [5.41, 5.74) is 2.76. The van der Waals surface area contributed by atoms with Crippen LogP contribution >= 0.6 is 0 Å². The van der Waals surface area contributed by atoms with Crippen molar-refractivity contribution in [1.29, 1.82) is 0 Å². The van der Waals surface area contributed by atoms with Gasteiger partial charge in [-0.15, -0.1) is 0 Å². The molecule has 0 bridgehead atoms. The molecule has 1 aromatic carbocycles. The van der Waals surface area contributed by atoms with Crippen molar-refractivity contribution in [1.82, 2.24) is 9.88 Å². The summed E-state index contributed by atoms with van der Waals surface area (Å²) in [7, 11) is 0. The number of hydrogen-bond acceptors (Lipinski definition) is 6. The summed E-state index contributed by atoms with van der Waals surface area (Å²) in [6.45, 7) is 9.34. The number of phenolic OH excluding ortho intramolecular Hbond substituents is 1. The third-order valence-electron chi connectivity index (χ3n) is 6.60. The Morgan fingerprint density at radius 2 is 2.03 bits per heavy atom. The van der Waals surface area contributed by atoms with Crippen LogP contribution < -0.4 is 4.90 Å². The Morgan fingerprint density at radius 3 is 2.71 bits per heavy atom. The van der Waals surface area contributed by atoms with Gasteiger partial charge in [0.1, 0.15) is 17.1 Å². The third kappa shape index (κ3) is 5.50. The van der Waals surface area contributed by atoms with Crippen LogP contribution in [0.15, 0.2) is 60.8 Å². The van der Waals surface area contributed by atoms with Crippen LogP contribution in [0, 0.1) is 0 Å². The number of rotatable bonds is 8. The van der Waals surface area contributed by atoms with Crippen molar-refractivity contribution in [3.63, 3.8) is 0 Å². The molecule has 1 unspecified atom stereocenters. The van der Waals surface area contributed by atoms with E-state index in [-0.39, 0.29) is 23.7 Å². The molecule has 2 heterocycles. The minimum atomic E-state index is -0.295. The highest BCUT2D eigenvalue weighted by molar-refractivity contribution is 5.97. The molecule has 180 valence electrons. The van der Waals surface area contributed by atoms with Crippen LogP contribution in [-0.2, 0) is 11.3 Å². The minimum Gasteiger partial charge on any atom is -0.508 e. The van der Waals surface area contributed by atoms with E-state index in [1.165, 1.54) is 5.56 Å². The van der Waals surface area contributed by atoms with E-state index in [4.69, 9.17) is 9.72 Å². The summed E-state index contributed by atoms with van der Waals surface area (Å²) < 4.78 is 5.67. The number of esters is 1. The molecule has 2 atom stereocenters. The van der Waals surface area contributed by atoms with Gasteiger partial charge in [0.05, 0.1) is 6.10 Å². The molecule has 0 amide bonds. The number of hydrogen-bond donors (Lipinski definition) is 1. The fraction of sp³-hybridized carbons (Fsp3) is 0.429. The fourth-order valence-corrected chi connectivity index (χ4v) is 4.87. The Kier molecular flexibility index (Phi) is 7.68. The highest BCUT2D eigenvalue weighted by Crippen LogP contribution is 2.34. The molecule has 4 rings (SSSR count). The molecule has 0 spiro atoms. The van der Waals surface area contributed by atoms with E-state index in [1.54, 1.807) is 12.1 Å². The quantitative estimate of drug-likeness (QED) is 0.555. The van der Waals surface area contributed by atoms with Gasteiger partial charge in [-0.2, -0.15) is 0 Å². The van der Waals surface area contributed by atoms with Crippen molar-refractivity contribution >= 4 is 11.8 Å². The first-order chi connectivity index (χ1) is 16.5. The van der Waals surface area contributed by atoms with Crippen LogP contribution in [0.2, 0.25) is 0 Å². The summed E-state index contributed by atoms with van der Waals surface area (Å²) in [6.07, 6.45) is 11.9. The van der Waals surface area contributed by atoms with Crippen LogP contribution in [0.4, 0.5) is 5.82 Å². The number of phenols is 1. The fourth-order valence-electron chi connectivity index (χ4n) is 4.87. The van der Waals surface area contributed by atoms with E-state index >= 15 is 0 Å². The summed E-state index contributed by atoms with van der Waals surface area (Å²) in [6, 6.07) is 9.74. The van der Waals surface area contributed by atoms with Gasteiger partial charge in [0.15, 0.2) is 0 Å². The van der Waals surface area contributed by atoms with Crippen molar-refractivity contribution in [3.05, 3.63) is 77.5 Å². The van der Waals surface area contributed by atoms with Crippen LogP contribution in [-0.4, -0.2) is 52.7 Å². The average molecular weight is 462 g/mol. The number of benzene rings is 1. The lowest BCUT2D eigenvalue weighted by Crippen LogP contribution is -2.37. The number of aromatic hydroxyl groups is 1. The van der Waals surface area contributed by atoms with E-state index in [0.717, 1.165) is 50.4 Å². The standard InChI is InChI=1S/C28H35N3O3/c1-4-30(18-21-10-12-24(32)13-11-21)23-15-17-31(19-23)27-26(28(33)34-20(2)3)25(14-16-29-27)22-8-6-5-7-9-22/h5-8,10-14,16,20,22-23,32H,4,9,15,17-19H2,1-3H3/t22?,23-/m1/s1. The predicted octanol–water partition coefficient (Wildman–Crippen LogP) is 5.05. The van der Waals surface area contributed by atoms with Gasteiger partial charge in [0.2, 0.25) is 0 Å². The molecular formula is C28H35N3O3. The van der Waals surface area contributed by atoms with Gasteiger partial charge in [-0.25, -0.2) is 9.78 Å². The van der Waals surface area contributed by atoms with Gasteiger partial charge in [0, 0.05) is 37.8 Å². The van der Waals surface area contributed by atoms with E-state index in [1.807, 2.05) is 50.4 Å². The molecule has 34 heavy (non-hydrogen) atoms. The first-order valence-corrected chi connectivity index (χ1v) is 12.3. The second-order valence-electron chi connectivity index (χ2n) is 9.33. The van der Waals surface area contributed by atoms with Crippen molar-refractivity contribution in [2.75, 3.05) is 24.5 Å². The van der Waals surface area contributed by atoms with Crippen molar-refractivity contribution in [2.24, 2.45) is 0 Å². The number of carbonyl (C=O) groups is 1. The van der Waals surface area contributed by atoms with Crippen molar-refractivity contribution in [3.8, 4) is 5.75 Å². The second kappa shape index (κ2) is 10.9. The van der Waals surface area contributed by atoms with Gasteiger partial charge in [-0.05, 0) is 62.6 Å². The van der Waals surface area contributed by atoms with Crippen LogP contribution in [0.25, 0.3) is 0 Å². The maximum absolute atomic E-state index is 13.3. The lowest BCUT2D eigenvalue weighted by atomic mass is 9.89. The summed E-state index contributed by atoms with van der Waals surface area (Å²) >= 11 is 0. The van der Waals surface area contributed by atoms with E-state index in [9.17, 15) is 9.90 Å². The Hall–Kier alpha value is -3.12. The number of carbonyl (C=O) groups excluding carboxylic acids is 1. The topological polar surface area (TPSA) is 65.9 Å². The SMILES string of the molecule is CCN(Cc1ccc(O)cc1)[C@@H]1CCN(c2nccc(C3C=CC=CC3)c2C(=O)OC(C)C)C1. The third-order valence-corrected chi connectivity index (χ3v) is 6.60. The van der Waals surface area contributed by atoms with Gasteiger partial charge >= 0.3 is 5.97 Å². The zero-order valence-corrected chi connectivity index (χ0v) is 20.4. The molecule has 0 radical (unpaired) electrons. The van der Waals surface area contributed by atoms with Gasteiger partial charge in [-0.3, -0.25) is 4.90 Å². The Morgan fingerprint density at radius 1 is 1.24 bits per heavy atom. The number of pyridine rings is 1. The van der Waals surface area contributed by atoms with Crippen molar-refractivity contribution < 1.29 is 14.6 Å². The van der Waals surface area contributed by atoms with Crippen LogP contribution in [0.3, 0.4) is 0 Å². The highest BCUT2D eigenvalue weighted by Gasteiger charge is 2.32. The zero-order valence-electron chi connectivity index (χ0n) is 20.4. The predicted molar refractivity (Wildman–Crippen MR) is 135 cm³/mol. The number of likely N-dealkylation sites (N-methyl/N-ethyl adjacent to an activating group) is 1. The first kappa shape index (κ1) is 24.0. The highest BCUT2D eigenvalue weighted by atomic mass is 16.5. The maximum atomic E-state index is 13.3. The molecule has 1 N–H and O–H groups in total. The van der Waals surface area contributed by atoms with E-state index < -0.39 is 0 Å². The van der Waals surface area contributed by atoms with Gasteiger partial charge in [-0.1, -0.05) is 43.4 Å². The number of allylic oxidation sites excluding steroid dienone is 4. The molecule has 1 aromatic heterocycles. The second-order valence-corrected chi connectivity index (χ2v) is 9.33.